The number of benzene rings is 1. The molecule has 5 nitrogen and oxygen atoms in total. The summed E-state index contributed by atoms with van der Waals surface area (Å²) in [5.41, 5.74) is 0.839. The molecule has 0 aliphatic heterocycles. The summed E-state index contributed by atoms with van der Waals surface area (Å²) >= 11 is 17.6. The third-order valence-corrected chi connectivity index (χ3v) is 4.03. The van der Waals surface area contributed by atoms with Gasteiger partial charge in [0.05, 0.1) is 6.54 Å². The maximum atomic E-state index is 6.17. The highest BCUT2D eigenvalue weighted by Crippen LogP contribution is 2.25. The fraction of sp³-hybridized carbons (Fsp3) is 0.333. The van der Waals surface area contributed by atoms with E-state index in [1.807, 2.05) is 30.5 Å². The van der Waals surface area contributed by atoms with Crippen LogP contribution >= 0.6 is 35.4 Å². The van der Waals surface area contributed by atoms with Crippen molar-refractivity contribution in [3.05, 3.63) is 46.1 Å². The van der Waals surface area contributed by atoms with Crippen LogP contribution in [0.25, 0.3) is 0 Å². The van der Waals surface area contributed by atoms with Crippen molar-refractivity contribution in [2.24, 2.45) is 0 Å². The average molecular weight is 373 g/mol. The van der Waals surface area contributed by atoms with Crippen molar-refractivity contribution in [2.75, 3.05) is 25.6 Å². The van der Waals surface area contributed by atoms with E-state index in [-0.39, 0.29) is 0 Å². The second kappa shape index (κ2) is 9.08. The number of aromatic nitrogens is 2. The van der Waals surface area contributed by atoms with Crippen LogP contribution in [0.5, 0.6) is 0 Å². The monoisotopic (exact) mass is 372 g/mol. The number of anilines is 1. The van der Waals surface area contributed by atoms with E-state index in [4.69, 9.17) is 40.2 Å². The third-order valence-electron chi connectivity index (χ3n) is 3.07. The van der Waals surface area contributed by atoms with Gasteiger partial charge in [0.15, 0.2) is 10.9 Å². The van der Waals surface area contributed by atoms with Gasteiger partial charge >= 0.3 is 0 Å². The Kier molecular flexibility index (Phi) is 7.11. The van der Waals surface area contributed by atoms with Gasteiger partial charge in [0.25, 0.3) is 0 Å². The lowest BCUT2D eigenvalue weighted by molar-refractivity contribution is 0.196. The second-order valence-corrected chi connectivity index (χ2v) is 6.05. The van der Waals surface area contributed by atoms with Gasteiger partial charge in [0.1, 0.15) is 0 Å². The van der Waals surface area contributed by atoms with E-state index in [9.17, 15) is 0 Å². The summed E-state index contributed by atoms with van der Waals surface area (Å²) in [4.78, 5) is 0. The first-order valence-corrected chi connectivity index (χ1v) is 8.26. The lowest BCUT2D eigenvalue weighted by atomic mass is 10.2. The minimum Gasteiger partial charge on any atom is -0.385 e. The number of halogens is 2. The van der Waals surface area contributed by atoms with Crippen LogP contribution in [0.1, 0.15) is 12.0 Å². The van der Waals surface area contributed by atoms with Crippen LogP contribution < -0.4 is 10.6 Å². The van der Waals surface area contributed by atoms with Crippen molar-refractivity contribution >= 4 is 46.4 Å². The number of hydrogen-bond donors (Lipinski definition) is 2. The number of nitrogens with one attached hydrogen (secondary N) is 2. The molecule has 0 saturated carbocycles. The normalized spacial score (nSPS) is 10.6. The van der Waals surface area contributed by atoms with Crippen LogP contribution in [-0.4, -0.2) is 35.2 Å². The standard InChI is InChI=1S/C15H18Cl2N4OS/c1-22-9-3-7-18-15(23)19-14-6-8-21(20-14)10-11-12(16)4-2-5-13(11)17/h2,4-6,8H,3,7,9-10H2,1H3,(H2,18,19,20,23). The number of nitrogens with zero attached hydrogens (tertiary/aromatic N) is 2. The molecule has 0 radical (unpaired) electrons. The zero-order chi connectivity index (χ0) is 16.7. The number of ether oxygens (including phenoxy) is 1. The Labute approximate surface area is 150 Å². The molecule has 1 aromatic heterocycles. The first-order valence-electron chi connectivity index (χ1n) is 7.10. The SMILES string of the molecule is COCCCNC(=S)Nc1ccn(Cc2c(Cl)cccc2Cl)n1. The van der Waals surface area contributed by atoms with E-state index >= 15 is 0 Å². The van der Waals surface area contributed by atoms with Gasteiger partial charge in [0.2, 0.25) is 0 Å². The molecule has 0 spiro atoms. The first kappa shape index (κ1) is 18.0. The largest absolute Gasteiger partial charge is 0.385 e. The van der Waals surface area contributed by atoms with Gasteiger partial charge in [-0.3, -0.25) is 4.68 Å². The van der Waals surface area contributed by atoms with Crippen molar-refractivity contribution in [2.45, 2.75) is 13.0 Å². The summed E-state index contributed by atoms with van der Waals surface area (Å²) < 4.78 is 6.73. The number of hydrogen-bond acceptors (Lipinski definition) is 3. The second-order valence-electron chi connectivity index (χ2n) is 4.83. The zero-order valence-electron chi connectivity index (χ0n) is 12.7. The molecule has 0 fully saturated rings. The van der Waals surface area contributed by atoms with Crippen LogP contribution in [0.3, 0.4) is 0 Å². The Balaban J connectivity index is 1.89. The molecular formula is C15H18Cl2N4OS. The van der Waals surface area contributed by atoms with Gasteiger partial charge in [-0.15, -0.1) is 0 Å². The van der Waals surface area contributed by atoms with Crippen LogP contribution in [0.15, 0.2) is 30.5 Å². The Bertz CT molecular complexity index is 642. The van der Waals surface area contributed by atoms with E-state index in [1.165, 1.54) is 0 Å². The molecular weight excluding hydrogens is 355 g/mol. The van der Waals surface area contributed by atoms with Crippen molar-refractivity contribution in [1.82, 2.24) is 15.1 Å². The summed E-state index contributed by atoms with van der Waals surface area (Å²) in [7, 11) is 1.68. The average Bonchev–Trinajstić information content (AvgIpc) is 2.95. The minimum absolute atomic E-state index is 0.494. The number of rotatable bonds is 7. The van der Waals surface area contributed by atoms with Gasteiger partial charge in [-0.25, -0.2) is 0 Å². The van der Waals surface area contributed by atoms with E-state index in [0.29, 0.717) is 34.1 Å². The molecule has 0 atom stereocenters. The first-order chi connectivity index (χ1) is 11.1. The molecule has 2 N–H and O–H groups in total. The molecule has 2 rings (SSSR count). The van der Waals surface area contributed by atoms with E-state index < -0.39 is 0 Å². The predicted octanol–water partition coefficient (Wildman–Crippen LogP) is 3.56. The summed E-state index contributed by atoms with van der Waals surface area (Å²) in [5, 5.41) is 12.3. The summed E-state index contributed by atoms with van der Waals surface area (Å²) in [6, 6.07) is 7.28. The van der Waals surface area contributed by atoms with Gasteiger partial charge < -0.3 is 15.4 Å². The minimum atomic E-state index is 0.494. The third kappa shape index (κ3) is 5.66. The Hall–Kier alpha value is -1.34. The molecule has 8 heteroatoms. The Morgan fingerprint density at radius 3 is 2.74 bits per heavy atom. The maximum Gasteiger partial charge on any atom is 0.171 e. The molecule has 0 aliphatic rings. The van der Waals surface area contributed by atoms with E-state index in [2.05, 4.69) is 15.7 Å². The fourth-order valence-electron chi connectivity index (χ4n) is 1.94. The molecule has 23 heavy (non-hydrogen) atoms. The van der Waals surface area contributed by atoms with Crippen LogP contribution in [0, 0.1) is 0 Å². The molecule has 0 aliphatic carbocycles. The van der Waals surface area contributed by atoms with Crippen molar-refractivity contribution in [3.63, 3.8) is 0 Å². The molecule has 0 unspecified atom stereocenters. The lowest BCUT2D eigenvalue weighted by Crippen LogP contribution is -2.30. The van der Waals surface area contributed by atoms with Gasteiger partial charge in [0, 0.05) is 48.1 Å². The molecule has 0 amide bonds. The molecule has 0 saturated heterocycles. The summed E-state index contributed by atoms with van der Waals surface area (Å²) in [6.07, 6.45) is 2.73. The highest BCUT2D eigenvalue weighted by Gasteiger charge is 2.08. The quantitative estimate of drug-likeness (QED) is 0.574. The number of methoxy groups -OCH3 is 1. The molecule has 124 valence electrons. The number of thiocarbonyl (C=S) groups is 1. The van der Waals surface area contributed by atoms with Gasteiger partial charge in [-0.2, -0.15) is 5.10 Å². The van der Waals surface area contributed by atoms with Crippen LogP contribution in [0.4, 0.5) is 5.82 Å². The van der Waals surface area contributed by atoms with Crippen molar-refractivity contribution < 1.29 is 4.74 Å². The smallest absolute Gasteiger partial charge is 0.171 e. The zero-order valence-corrected chi connectivity index (χ0v) is 15.0. The van der Waals surface area contributed by atoms with E-state index in [1.54, 1.807) is 11.8 Å². The molecule has 1 aromatic carbocycles. The molecule has 2 aromatic rings. The molecule has 0 bridgehead atoms. The predicted molar refractivity (Wildman–Crippen MR) is 98.5 cm³/mol. The Morgan fingerprint density at radius 2 is 2.04 bits per heavy atom. The Morgan fingerprint density at radius 1 is 1.30 bits per heavy atom. The maximum absolute atomic E-state index is 6.17. The highest BCUT2D eigenvalue weighted by molar-refractivity contribution is 7.80. The summed E-state index contributed by atoms with van der Waals surface area (Å²) in [6.45, 7) is 1.94. The lowest BCUT2D eigenvalue weighted by Gasteiger charge is -2.09. The van der Waals surface area contributed by atoms with Gasteiger partial charge in [-0.05, 0) is 30.8 Å². The van der Waals surface area contributed by atoms with Crippen molar-refractivity contribution in [1.29, 1.82) is 0 Å². The highest BCUT2D eigenvalue weighted by atomic mass is 35.5. The fourth-order valence-corrected chi connectivity index (χ4v) is 2.66. The van der Waals surface area contributed by atoms with Crippen LogP contribution in [-0.2, 0) is 11.3 Å². The molecule has 1 heterocycles. The summed E-state index contributed by atoms with van der Waals surface area (Å²) in [5.74, 6) is 0.664. The van der Waals surface area contributed by atoms with Crippen LogP contribution in [0.2, 0.25) is 10.0 Å². The topological polar surface area (TPSA) is 51.1 Å². The van der Waals surface area contributed by atoms with Gasteiger partial charge in [-0.1, -0.05) is 29.3 Å². The van der Waals surface area contributed by atoms with E-state index in [0.717, 1.165) is 18.5 Å². The van der Waals surface area contributed by atoms with Crippen molar-refractivity contribution in [3.8, 4) is 0 Å².